The molecule has 0 saturated heterocycles. The first-order valence-corrected chi connectivity index (χ1v) is 9.87. The van der Waals surface area contributed by atoms with Gasteiger partial charge in [-0.3, -0.25) is 0 Å². The molecule has 146 valence electrons. The number of ether oxygens (including phenoxy) is 1. The van der Waals surface area contributed by atoms with Gasteiger partial charge in [0.05, 0.1) is 17.0 Å². The number of hydrogen-bond acceptors (Lipinski definition) is 3. The first-order valence-electron chi connectivity index (χ1n) is 9.87. The summed E-state index contributed by atoms with van der Waals surface area (Å²) in [6.45, 7) is 8.70. The molecule has 1 aromatic heterocycles. The Balaban J connectivity index is 1.69. The number of carbonyl (C=O) groups is 1. The standard InChI is InChI=1S/C25H24N2O2/c1-4-12-29-24(28)20-8-9-23-22(14-20)17(2)18(3)27(23)15-19-6-5-7-21(13-19)25(16-26)10-11-25/h4-9,13-14H,1,10-12,15H2,2-3H3. The Labute approximate surface area is 171 Å². The molecular weight excluding hydrogens is 360 g/mol. The Morgan fingerprint density at radius 1 is 1.28 bits per heavy atom. The van der Waals surface area contributed by atoms with Gasteiger partial charge in [-0.15, -0.1) is 0 Å². The lowest BCUT2D eigenvalue weighted by atomic mass is 9.96. The summed E-state index contributed by atoms with van der Waals surface area (Å²) in [6, 6.07) is 16.6. The van der Waals surface area contributed by atoms with E-state index in [9.17, 15) is 10.1 Å². The third-order valence-electron chi connectivity index (χ3n) is 5.99. The molecular formula is C25H24N2O2. The van der Waals surface area contributed by atoms with E-state index in [1.807, 2.05) is 24.3 Å². The van der Waals surface area contributed by atoms with E-state index in [-0.39, 0.29) is 18.0 Å². The van der Waals surface area contributed by atoms with Gasteiger partial charge < -0.3 is 9.30 Å². The summed E-state index contributed by atoms with van der Waals surface area (Å²) in [5.74, 6) is -0.337. The molecule has 3 aromatic rings. The predicted molar refractivity (Wildman–Crippen MR) is 114 cm³/mol. The van der Waals surface area contributed by atoms with Crippen molar-refractivity contribution in [2.75, 3.05) is 6.61 Å². The molecule has 4 rings (SSSR count). The van der Waals surface area contributed by atoms with Crippen LogP contribution in [0.5, 0.6) is 0 Å². The van der Waals surface area contributed by atoms with Crippen LogP contribution in [-0.4, -0.2) is 17.1 Å². The molecule has 29 heavy (non-hydrogen) atoms. The number of hydrogen-bond donors (Lipinski definition) is 0. The maximum absolute atomic E-state index is 12.2. The molecule has 0 aliphatic heterocycles. The van der Waals surface area contributed by atoms with E-state index in [0.29, 0.717) is 5.56 Å². The van der Waals surface area contributed by atoms with Crippen molar-refractivity contribution in [3.63, 3.8) is 0 Å². The number of aromatic nitrogens is 1. The highest BCUT2D eigenvalue weighted by Gasteiger charge is 2.44. The first kappa shape index (κ1) is 19.0. The highest BCUT2D eigenvalue weighted by molar-refractivity contribution is 5.96. The molecule has 0 radical (unpaired) electrons. The van der Waals surface area contributed by atoms with Crippen molar-refractivity contribution >= 4 is 16.9 Å². The maximum Gasteiger partial charge on any atom is 0.338 e. The summed E-state index contributed by atoms with van der Waals surface area (Å²) in [5.41, 5.74) is 5.99. The van der Waals surface area contributed by atoms with Crippen LogP contribution in [0, 0.1) is 25.2 Å². The lowest BCUT2D eigenvalue weighted by Gasteiger charge is -2.12. The van der Waals surface area contributed by atoms with Gasteiger partial charge in [0.2, 0.25) is 0 Å². The molecule has 0 bridgehead atoms. The van der Waals surface area contributed by atoms with Crippen LogP contribution in [0.15, 0.2) is 55.1 Å². The second-order valence-electron chi connectivity index (χ2n) is 7.81. The molecule has 1 aliphatic rings. The molecule has 0 N–H and O–H groups in total. The lowest BCUT2D eigenvalue weighted by Crippen LogP contribution is -2.06. The fourth-order valence-corrected chi connectivity index (χ4v) is 3.94. The summed E-state index contributed by atoms with van der Waals surface area (Å²) >= 11 is 0. The van der Waals surface area contributed by atoms with Gasteiger partial charge in [0, 0.05) is 23.1 Å². The monoisotopic (exact) mass is 384 g/mol. The Kier molecular flexibility index (Phi) is 4.76. The smallest absolute Gasteiger partial charge is 0.338 e. The number of aryl methyl sites for hydroxylation is 1. The molecule has 4 nitrogen and oxygen atoms in total. The molecule has 1 saturated carbocycles. The molecule has 0 spiro atoms. The van der Waals surface area contributed by atoms with E-state index in [1.165, 1.54) is 11.3 Å². The van der Waals surface area contributed by atoms with Crippen molar-refractivity contribution < 1.29 is 9.53 Å². The first-order chi connectivity index (χ1) is 14.0. The zero-order valence-corrected chi connectivity index (χ0v) is 16.9. The van der Waals surface area contributed by atoms with Gasteiger partial charge >= 0.3 is 5.97 Å². The molecule has 1 aliphatic carbocycles. The van der Waals surface area contributed by atoms with Gasteiger partial charge in [-0.05, 0) is 61.6 Å². The summed E-state index contributed by atoms with van der Waals surface area (Å²) < 4.78 is 7.44. The van der Waals surface area contributed by atoms with E-state index in [0.717, 1.165) is 41.4 Å². The van der Waals surface area contributed by atoms with Crippen LogP contribution in [0.4, 0.5) is 0 Å². The van der Waals surface area contributed by atoms with Crippen molar-refractivity contribution in [1.82, 2.24) is 4.57 Å². The predicted octanol–water partition coefficient (Wildman–Crippen LogP) is 5.20. The minimum atomic E-state index is -0.337. The van der Waals surface area contributed by atoms with E-state index >= 15 is 0 Å². The zero-order valence-electron chi connectivity index (χ0n) is 16.9. The minimum Gasteiger partial charge on any atom is -0.458 e. The highest BCUT2D eigenvalue weighted by Crippen LogP contribution is 2.47. The third-order valence-corrected chi connectivity index (χ3v) is 5.99. The van der Waals surface area contributed by atoms with E-state index in [4.69, 9.17) is 4.74 Å². The molecule has 4 heteroatoms. The lowest BCUT2D eigenvalue weighted by molar-refractivity contribution is 0.0550. The Morgan fingerprint density at radius 3 is 2.76 bits per heavy atom. The number of benzene rings is 2. The van der Waals surface area contributed by atoms with Crippen LogP contribution in [0.3, 0.4) is 0 Å². The SMILES string of the molecule is C=CCOC(=O)c1ccc2c(c1)c(C)c(C)n2Cc1cccc(C2(C#N)CC2)c1. The number of nitrogens with zero attached hydrogens (tertiary/aromatic N) is 2. The second-order valence-corrected chi connectivity index (χ2v) is 7.81. The van der Waals surface area contributed by atoms with Gasteiger partial charge in [0.25, 0.3) is 0 Å². The van der Waals surface area contributed by atoms with Crippen LogP contribution in [0.2, 0.25) is 0 Å². The molecule has 0 unspecified atom stereocenters. The number of fused-ring (bicyclic) bond motifs is 1. The van der Waals surface area contributed by atoms with Crippen LogP contribution >= 0.6 is 0 Å². The Bertz CT molecular complexity index is 1160. The van der Waals surface area contributed by atoms with Gasteiger partial charge in [-0.25, -0.2) is 4.79 Å². The largest absolute Gasteiger partial charge is 0.458 e. The molecule has 0 atom stereocenters. The van der Waals surface area contributed by atoms with Crippen molar-refractivity contribution in [3.05, 3.63) is 83.1 Å². The van der Waals surface area contributed by atoms with Crippen LogP contribution in [0.1, 0.15) is 45.6 Å². The van der Waals surface area contributed by atoms with Gasteiger partial charge in [-0.1, -0.05) is 36.9 Å². The summed E-state index contributed by atoms with van der Waals surface area (Å²) in [5, 5.41) is 10.6. The molecule has 0 amide bonds. The van der Waals surface area contributed by atoms with Crippen molar-refractivity contribution in [1.29, 1.82) is 5.26 Å². The summed E-state index contributed by atoms with van der Waals surface area (Å²) in [4.78, 5) is 12.2. The Hall–Kier alpha value is -3.32. The average Bonchev–Trinajstić information content (AvgIpc) is 3.52. The Morgan fingerprint density at radius 2 is 2.07 bits per heavy atom. The maximum atomic E-state index is 12.2. The molecule has 1 fully saturated rings. The normalized spacial score (nSPS) is 14.4. The molecule has 2 aromatic carbocycles. The fraction of sp³-hybridized carbons (Fsp3) is 0.280. The van der Waals surface area contributed by atoms with Crippen LogP contribution < -0.4 is 0 Å². The van der Waals surface area contributed by atoms with Crippen LogP contribution in [0.25, 0.3) is 10.9 Å². The van der Waals surface area contributed by atoms with E-state index in [1.54, 1.807) is 6.08 Å². The van der Waals surface area contributed by atoms with Crippen molar-refractivity contribution in [2.24, 2.45) is 0 Å². The third kappa shape index (κ3) is 3.34. The topological polar surface area (TPSA) is 55.0 Å². The average molecular weight is 384 g/mol. The fourth-order valence-electron chi connectivity index (χ4n) is 3.94. The number of esters is 1. The molecule has 1 heterocycles. The number of rotatable bonds is 6. The van der Waals surface area contributed by atoms with Gasteiger partial charge in [0.1, 0.15) is 6.61 Å². The highest BCUT2D eigenvalue weighted by atomic mass is 16.5. The quantitative estimate of drug-likeness (QED) is 0.433. The zero-order chi connectivity index (χ0) is 20.6. The van der Waals surface area contributed by atoms with Gasteiger partial charge in [0.15, 0.2) is 0 Å². The van der Waals surface area contributed by atoms with Crippen molar-refractivity contribution in [2.45, 2.75) is 38.6 Å². The van der Waals surface area contributed by atoms with Gasteiger partial charge in [-0.2, -0.15) is 5.26 Å². The minimum absolute atomic E-state index is 0.205. The number of carbonyl (C=O) groups excluding carboxylic acids is 1. The van der Waals surface area contributed by atoms with Crippen LogP contribution in [-0.2, 0) is 16.7 Å². The van der Waals surface area contributed by atoms with E-state index < -0.39 is 0 Å². The summed E-state index contributed by atoms with van der Waals surface area (Å²) in [6.07, 6.45) is 3.46. The number of nitriles is 1. The summed E-state index contributed by atoms with van der Waals surface area (Å²) in [7, 11) is 0. The second kappa shape index (κ2) is 7.25. The van der Waals surface area contributed by atoms with E-state index in [2.05, 4.69) is 49.3 Å². The van der Waals surface area contributed by atoms with Crippen molar-refractivity contribution in [3.8, 4) is 6.07 Å².